The first-order chi connectivity index (χ1) is 15.9. The van der Waals surface area contributed by atoms with E-state index in [0.717, 1.165) is 15.6 Å². The molecular formula is C24H23BrN2O5S. The fraction of sp³-hybridized carbons (Fsp3) is 0.208. The standard InChI is InChI=1S/C24H23BrN2O5S/c25-20-7-9-21(10-8-20)33(29,30)27(13-12-18-4-2-1-3-5-18)16-24(28)26-15-19-6-11-22-23(14-19)32-17-31-22/h1-11,14H,12-13,15-17H2,(H,26,28). The maximum absolute atomic E-state index is 13.3. The monoisotopic (exact) mass is 530 g/mol. The number of ether oxygens (including phenoxy) is 2. The summed E-state index contributed by atoms with van der Waals surface area (Å²) >= 11 is 3.32. The van der Waals surface area contributed by atoms with Crippen molar-refractivity contribution in [3.05, 3.63) is 88.4 Å². The van der Waals surface area contributed by atoms with E-state index < -0.39 is 10.0 Å². The molecule has 1 heterocycles. The number of carbonyl (C=O) groups is 1. The van der Waals surface area contributed by atoms with Crippen LogP contribution in [0.2, 0.25) is 0 Å². The number of rotatable bonds is 9. The van der Waals surface area contributed by atoms with E-state index in [4.69, 9.17) is 9.47 Å². The summed E-state index contributed by atoms with van der Waals surface area (Å²) < 4.78 is 39.3. The van der Waals surface area contributed by atoms with Crippen molar-refractivity contribution in [1.29, 1.82) is 0 Å². The highest BCUT2D eigenvalue weighted by Gasteiger charge is 2.26. The van der Waals surface area contributed by atoms with Gasteiger partial charge in [0.05, 0.1) is 11.4 Å². The zero-order valence-electron chi connectivity index (χ0n) is 17.7. The van der Waals surface area contributed by atoms with E-state index in [-0.39, 0.29) is 37.2 Å². The first-order valence-corrected chi connectivity index (χ1v) is 12.6. The summed E-state index contributed by atoms with van der Waals surface area (Å²) in [6, 6.07) is 21.4. The molecular weight excluding hydrogens is 508 g/mol. The minimum absolute atomic E-state index is 0.141. The van der Waals surface area contributed by atoms with E-state index in [2.05, 4.69) is 21.2 Å². The molecule has 0 unspecified atom stereocenters. The van der Waals surface area contributed by atoms with E-state index in [1.165, 1.54) is 16.4 Å². The molecule has 4 rings (SSSR count). The van der Waals surface area contributed by atoms with E-state index in [9.17, 15) is 13.2 Å². The quantitative estimate of drug-likeness (QED) is 0.455. The van der Waals surface area contributed by atoms with Crippen LogP contribution in [0.5, 0.6) is 11.5 Å². The number of hydrogen-bond donors (Lipinski definition) is 1. The van der Waals surface area contributed by atoms with Gasteiger partial charge in [-0.25, -0.2) is 8.42 Å². The van der Waals surface area contributed by atoms with Gasteiger partial charge in [-0.05, 0) is 53.9 Å². The molecule has 1 amide bonds. The fourth-order valence-corrected chi connectivity index (χ4v) is 5.07. The van der Waals surface area contributed by atoms with E-state index in [1.807, 2.05) is 36.4 Å². The predicted octanol–water partition coefficient (Wildman–Crippen LogP) is 3.73. The Bertz CT molecular complexity index is 1220. The van der Waals surface area contributed by atoms with Gasteiger partial charge in [-0.1, -0.05) is 52.3 Å². The Hall–Kier alpha value is -2.88. The minimum atomic E-state index is -3.86. The maximum Gasteiger partial charge on any atom is 0.243 e. The average molecular weight is 531 g/mol. The lowest BCUT2D eigenvalue weighted by Gasteiger charge is -2.22. The minimum Gasteiger partial charge on any atom is -0.454 e. The third-order valence-corrected chi connectivity index (χ3v) is 7.58. The molecule has 3 aromatic rings. The van der Waals surface area contributed by atoms with Gasteiger partial charge >= 0.3 is 0 Å². The molecule has 1 aliphatic rings. The lowest BCUT2D eigenvalue weighted by atomic mass is 10.1. The van der Waals surface area contributed by atoms with Crippen molar-refractivity contribution < 1.29 is 22.7 Å². The van der Waals surface area contributed by atoms with Crippen molar-refractivity contribution >= 4 is 31.9 Å². The topological polar surface area (TPSA) is 84.9 Å². The molecule has 0 bridgehead atoms. The van der Waals surface area contributed by atoms with Crippen LogP contribution in [0.25, 0.3) is 0 Å². The number of hydrogen-bond acceptors (Lipinski definition) is 5. The van der Waals surface area contributed by atoms with Crippen LogP contribution in [0.3, 0.4) is 0 Å². The van der Waals surface area contributed by atoms with Gasteiger partial charge in [0.2, 0.25) is 22.7 Å². The number of halogens is 1. The van der Waals surface area contributed by atoms with Crippen molar-refractivity contribution in [2.45, 2.75) is 17.9 Å². The lowest BCUT2D eigenvalue weighted by Crippen LogP contribution is -2.41. The van der Waals surface area contributed by atoms with Crippen LogP contribution < -0.4 is 14.8 Å². The SMILES string of the molecule is O=C(CN(CCc1ccccc1)S(=O)(=O)c1ccc(Br)cc1)NCc1ccc2c(c1)OCO2. The summed E-state index contributed by atoms with van der Waals surface area (Å²) in [5, 5.41) is 2.80. The maximum atomic E-state index is 13.3. The van der Waals surface area contributed by atoms with Gasteiger partial charge in [0.1, 0.15) is 0 Å². The molecule has 0 saturated carbocycles. The molecule has 1 aliphatic heterocycles. The Kier molecular flexibility index (Phi) is 7.32. The second-order valence-corrected chi connectivity index (χ2v) is 10.3. The molecule has 33 heavy (non-hydrogen) atoms. The molecule has 9 heteroatoms. The Morgan fingerprint density at radius 2 is 1.67 bits per heavy atom. The Morgan fingerprint density at radius 3 is 2.42 bits per heavy atom. The van der Waals surface area contributed by atoms with E-state index in [1.54, 1.807) is 24.3 Å². The molecule has 0 spiro atoms. The van der Waals surface area contributed by atoms with Crippen molar-refractivity contribution in [1.82, 2.24) is 9.62 Å². The summed E-state index contributed by atoms with van der Waals surface area (Å²) in [5.74, 6) is 0.906. The molecule has 1 N–H and O–H groups in total. The van der Waals surface area contributed by atoms with Gasteiger partial charge in [0, 0.05) is 17.6 Å². The highest BCUT2D eigenvalue weighted by atomic mass is 79.9. The van der Waals surface area contributed by atoms with Gasteiger partial charge in [-0.15, -0.1) is 0 Å². The zero-order valence-corrected chi connectivity index (χ0v) is 20.1. The van der Waals surface area contributed by atoms with Crippen LogP contribution in [-0.2, 0) is 27.8 Å². The lowest BCUT2D eigenvalue weighted by molar-refractivity contribution is -0.121. The third-order valence-electron chi connectivity index (χ3n) is 5.19. The number of nitrogens with one attached hydrogen (secondary N) is 1. The molecule has 0 radical (unpaired) electrons. The molecule has 3 aromatic carbocycles. The second kappa shape index (κ2) is 10.4. The molecule has 0 aliphatic carbocycles. The van der Waals surface area contributed by atoms with Gasteiger partial charge in [-0.2, -0.15) is 4.31 Å². The summed E-state index contributed by atoms with van der Waals surface area (Å²) in [6.45, 7) is 0.325. The van der Waals surface area contributed by atoms with Gasteiger partial charge in [-0.3, -0.25) is 4.79 Å². The van der Waals surface area contributed by atoms with Crippen LogP contribution >= 0.6 is 15.9 Å². The molecule has 0 aromatic heterocycles. The second-order valence-electron chi connectivity index (χ2n) is 7.49. The summed E-state index contributed by atoms with van der Waals surface area (Å²) in [7, 11) is -3.86. The first kappa shape index (κ1) is 23.3. The third kappa shape index (κ3) is 5.93. The van der Waals surface area contributed by atoms with E-state index in [0.29, 0.717) is 17.9 Å². The number of sulfonamides is 1. The molecule has 0 saturated heterocycles. The van der Waals surface area contributed by atoms with Gasteiger partial charge in [0.25, 0.3) is 0 Å². The van der Waals surface area contributed by atoms with Crippen LogP contribution in [0.15, 0.2) is 82.2 Å². The van der Waals surface area contributed by atoms with Crippen molar-refractivity contribution in [3.8, 4) is 11.5 Å². The average Bonchev–Trinajstić information content (AvgIpc) is 3.29. The van der Waals surface area contributed by atoms with Crippen LogP contribution in [0.4, 0.5) is 0 Å². The summed E-state index contributed by atoms with van der Waals surface area (Å²) in [6.07, 6.45) is 0.492. The fourth-order valence-electron chi connectivity index (χ4n) is 3.41. The van der Waals surface area contributed by atoms with Crippen molar-refractivity contribution in [2.24, 2.45) is 0 Å². The van der Waals surface area contributed by atoms with Gasteiger partial charge in [0.15, 0.2) is 11.5 Å². The number of carbonyl (C=O) groups excluding carboxylic acids is 1. The molecule has 7 nitrogen and oxygen atoms in total. The summed E-state index contributed by atoms with van der Waals surface area (Å²) in [4.78, 5) is 12.9. The van der Waals surface area contributed by atoms with Crippen molar-refractivity contribution in [2.75, 3.05) is 19.9 Å². The number of amides is 1. The number of benzene rings is 3. The molecule has 0 fully saturated rings. The van der Waals surface area contributed by atoms with Gasteiger partial charge < -0.3 is 14.8 Å². The predicted molar refractivity (Wildman–Crippen MR) is 127 cm³/mol. The Labute approximate surface area is 201 Å². The normalized spacial score (nSPS) is 12.7. The number of nitrogens with zero attached hydrogens (tertiary/aromatic N) is 1. The zero-order chi connectivity index (χ0) is 23.3. The van der Waals surface area contributed by atoms with Crippen LogP contribution in [0.1, 0.15) is 11.1 Å². The largest absolute Gasteiger partial charge is 0.454 e. The molecule has 0 atom stereocenters. The highest BCUT2D eigenvalue weighted by molar-refractivity contribution is 9.10. The summed E-state index contributed by atoms with van der Waals surface area (Å²) in [5.41, 5.74) is 1.83. The van der Waals surface area contributed by atoms with E-state index >= 15 is 0 Å². The van der Waals surface area contributed by atoms with Crippen LogP contribution in [0, 0.1) is 0 Å². The number of fused-ring (bicyclic) bond motifs is 1. The first-order valence-electron chi connectivity index (χ1n) is 10.4. The van der Waals surface area contributed by atoms with Crippen LogP contribution in [-0.4, -0.2) is 38.5 Å². The molecule has 172 valence electrons. The Balaban J connectivity index is 1.46. The smallest absolute Gasteiger partial charge is 0.243 e. The Morgan fingerprint density at radius 1 is 0.939 bits per heavy atom. The highest BCUT2D eigenvalue weighted by Crippen LogP contribution is 2.32. The van der Waals surface area contributed by atoms with Crippen molar-refractivity contribution in [3.63, 3.8) is 0 Å².